The van der Waals surface area contributed by atoms with Crippen molar-refractivity contribution in [1.29, 1.82) is 0 Å². The van der Waals surface area contributed by atoms with Gasteiger partial charge in [0, 0.05) is 29.0 Å². The second kappa shape index (κ2) is 4.32. The summed E-state index contributed by atoms with van der Waals surface area (Å²) in [4.78, 5) is 6.21. The van der Waals surface area contributed by atoms with Gasteiger partial charge in [-0.05, 0) is 28.3 Å². The van der Waals surface area contributed by atoms with Gasteiger partial charge in [-0.3, -0.25) is 4.99 Å². The Morgan fingerprint density at radius 1 is 0.947 bits per heavy atom. The molecule has 1 aliphatic heterocycles. The summed E-state index contributed by atoms with van der Waals surface area (Å²) in [5, 5.41) is 4.74. The Labute approximate surface area is 116 Å². The molecule has 0 bridgehead atoms. The van der Waals surface area contributed by atoms with Crippen LogP contribution in [0.3, 0.4) is 0 Å². The zero-order valence-electron chi connectivity index (χ0n) is 10.5. The minimum atomic E-state index is 0.912. The molecule has 0 fully saturated rings. The number of aliphatic imine (C=N–C) groups is 1. The Morgan fingerprint density at radius 3 is 2.79 bits per heavy atom. The third-order valence-electron chi connectivity index (χ3n) is 3.63. The summed E-state index contributed by atoms with van der Waals surface area (Å²) in [6.07, 6.45) is 1.09. The summed E-state index contributed by atoms with van der Waals surface area (Å²) < 4.78 is 0. The van der Waals surface area contributed by atoms with E-state index in [-0.39, 0.29) is 0 Å². The molecule has 2 heterocycles. The highest BCUT2D eigenvalue weighted by atomic mass is 32.1. The Bertz CT molecular complexity index is 783. The van der Waals surface area contributed by atoms with Crippen molar-refractivity contribution >= 4 is 27.8 Å². The largest absolute Gasteiger partial charge is 0.284 e. The SMILES string of the molecule is c1ccc2cc(C3=NCCc4sccc43)ccc2c1. The predicted molar refractivity (Wildman–Crippen MR) is 82.5 cm³/mol. The lowest BCUT2D eigenvalue weighted by molar-refractivity contribution is 0.966. The zero-order valence-corrected chi connectivity index (χ0v) is 11.3. The van der Waals surface area contributed by atoms with Gasteiger partial charge >= 0.3 is 0 Å². The van der Waals surface area contributed by atoms with E-state index >= 15 is 0 Å². The number of nitrogens with zero attached hydrogens (tertiary/aromatic N) is 1. The summed E-state index contributed by atoms with van der Waals surface area (Å²) in [7, 11) is 0. The molecular weight excluding hydrogens is 250 g/mol. The number of fused-ring (bicyclic) bond motifs is 2. The smallest absolute Gasteiger partial charge is 0.0730 e. The molecule has 4 rings (SSSR count). The van der Waals surface area contributed by atoms with Crippen molar-refractivity contribution in [1.82, 2.24) is 0 Å². The van der Waals surface area contributed by atoms with E-state index < -0.39 is 0 Å². The topological polar surface area (TPSA) is 12.4 Å². The maximum atomic E-state index is 4.74. The molecule has 0 aliphatic carbocycles. The average Bonchev–Trinajstić information content (AvgIpc) is 2.95. The zero-order chi connectivity index (χ0) is 12.7. The van der Waals surface area contributed by atoms with Gasteiger partial charge in [0.2, 0.25) is 0 Å². The van der Waals surface area contributed by atoms with Gasteiger partial charge in [-0.25, -0.2) is 0 Å². The average molecular weight is 263 g/mol. The second-order valence-corrected chi connectivity index (χ2v) is 5.80. The van der Waals surface area contributed by atoms with Crippen molar-refractivity contribution in [2.45, 2.75) is 6.42 Å². The van der Waals surface area contributed by atoms with Crippen LogP contribution in [-0.4, -0.2) is 12.3 Å². The van der Waals surface area contributed by atoms with E-state index in [4.69, 9.17) is 4.99 Å². The van der Waals surface area contributed by atoms with Crippen molar-refractivity contribution in [3.8, 4) is 0 Å². The lowest BCUT2D eigenvalue weighted by Gasteiger charge is -2.13. The van der Waals surface area contributed by atoms with Crippen LogP contribution in [-0.2, 0) is 6.42 Å². The first-order valence-electron chi connectivity index (χ1n) is 6.52. The van der Waals surface area contributed by atoms with Crippen LogP contribution in [0.2, 0.25) is 0 Å². The van der Waals surface area contributed by atoms with Crippen molar-refractivity contribution < 1.29 is 0 Å². The number of thiophene rings is 1. The first-order valence-corrected chi connectivity index (χ1v) is 7.40. The van der Waals surface area contributed by atoms with Crippen molar-refractivity contribution in [3.05, 3.63) is 69.9 Å². The van der Waals surface area contributed by atoms with Crippen LogP contribution in [0.25, 0.3) is 10.8 Å². The first-order chi connectivity index (χ1) is 9.42. The fourth-order valence-electron chi connectivity index (χ4n) is 2.68. The number of hydrogen-bond acceptors (Lipinski definition) is 2. The predicted octanol–water partition coefficient (Wildman–Crippen LogP) is 4.29. The number of rotatable bonds is 1. The molecule has 1 nitrogen and oxygen atoms in total. The molecule has 0 saturated carbocycles. The molecule has 0 saturated heterocycles. The molecule has 0 amide bonds. The highest BCUT2D eigenvalue weighted by molar-refractivity contribution is 7.10. The maximum absolute atomic E-state index is 4.74. The molecule has 3 aromatic rings. The Morgan fingerprint density at radius 2 is 1.84 bits per heavy atom. The van der Waals surface area contributed by atoms with E-state index in [1.807, 2.05) is 11.3 Å². The minimum absolute atomic E-state index is 0.912. The van der Waals surface area contributed by atoms with E-state index in [0.717, 1.165) is 18.7 Å². The van der Waals surface area contributed by atoms with Gasteiger partial charge in [0.05, 0.1) is 5.71 Å². The summed E-state index contributed by atoms with van der Waals surface area (Å²) in [6.45, 7) is 0.912. The fourth-order valence-corrected chi connectivity index (χ4v) is 3.55. The van der Waals surface area contributed by atoms with Crippen LogP contribution in [0.4, 0.5) is 0 Å². The molecular formula is C17H13NS. The summed E-state index contributed by atoms with van der Waals surface area (Å²) in [5.74, 6) is 0. The highest BCUT2D eigenvalue weighted by Gasteiger charge is 2.16. The third-order valence-corrected chi connectivity index (χ3v) is 4.61. The lowest BCUT2D eigenvalue weighted by atomic mass is 9.97. The molecule has 2 heteroatoms. The van der Waals surface area contributed by atoms with E-state index in [9.17, 15) is 0 Å². The monoisotopic (exact) mass is 263 g/mol. The molecule has 1 aromatic heterocycles. The summed E-state index contributed by atoms with van der Waals surface area (Å²) >= 11 is 1.85. The molecule has 1 aliphatic rings. The number of benzene rings is 2. The van der Waals surface area contributed by atoms with Crippen LogP contribution in [0.15, 0.2) is 58.9 Å². The van der Waals surface area contributed by atoms with Gasteiger partial charge in [-0.15, -0.1) is 11.3 Å². The fraction of sp³-hybridized carbons (Fsp3) is 0.118. The quantitative estimate of drug-likeness (QED) is 0.621. The standard InChI is InChI=1S/C17H13NS/c1-2-4-13-11-14(6-5-12(13)3-1)17-15-8-10-19-16(15)7-9-18-17/h1-6,8,10-11H,7,9H2. The van der Waals surface area contributed by atoms with E-state index in [1.54, 1.807) is 0 Å². The number of hydrogen-bond donors (Lipinski definition) is 0. The Balaban J connectivity index is 1.89. The third kappa shape index (κ3) is 1.80. The van der Waals surface area contributed by atoms with Gasteiger partial charge in [-0.2, -0.15) is 0 Å². The maximum Gasteiger partial charge on any atom is 0.0730 e. The summed E-state index contributed by atoms with van der Waals surface area (Å²) in [6, 6.07) is 17.3. The second-order valence-electron chi connectivity index (χ2n) is 4.80. The van der Waals surface area contributed by atoms with Gasteiger partial charge < -0.3 is 0 Å². The molecule has 0 atom stereocenters. The van der Waals surface area contributed by atoms with Gasteiger partial charge in [0.15, 0.2) is 0 Å². The molecule has 0 N–H and O–H groups in total. The highest BCUT2D eigenvalue weighted by Crippen LogP contribution is 2.26. The summed E-state index contributed by atoms with van der Waals surface area (Å²) in [5.41, 5.74) is 3.72. The molecule has 0 spiro atoms. The van der Waals surface area contributed by atoms with E-state index in [1.165, 1.54) is 26.8 Å². The van der Waals surface area contributed by atoms with Crippen molar-refractivity contribution in [2.24, 2.45) is 4.99 Å². The van der Waals surface area contributed by atoms with Gasteiger partial charge in [-0.1, -0.05) is 36.4 Å². The molecule has 2 aromatic carbocycles. The van der Waals surface area contributed by atoms with E-state index in [2.05, 4.69) is 53.9 Å². The first kappa shape index (κ1) is 10.9. The molecule has 92 valence electrons. The van der Waals surface area contributed by atoms with Crippen LogP contribution in [0.5, 0.6) is 0 Å². The van der Waals surface area contributed by atoms with Crippen LogP contribution < -0.4 is 0 Å². The van der Waals surface area contributed by atoms with Crippen molar-refractivity contribution in [2.75, 3.05) is 6.54 Å². The molecule has 0 unspecified atom stereocenters. The van der Waals surface area contributed by atoms with Crippen LogP contribution in [0.1, 0.15) is 16.0 Å². The van der Waals surface area contributed by atoms with Crippen LogP contribution >= 0.6 is 11.3 Å². The van der Waals surface area contributed by atoms with Crippen molar-refractivity contribution in [3.63, 3.8) is 0 Å². The Kier molecular flexibility index (Phi) is 2.49. The Hall–Kier alpha value is -1.93. The van der Waals surface area contributed by atoms with E-state index in [0.29, 0.717) is 0 Å². The van der Waals surface area contributed by atoms with Gasteiger partial charge in [0.1, 0.15) is 0 Å². The van der Waals surface area contributed by atoms with Gasteiger partial charge in [0.25, 0.3) is 0 Å². The minimum Gasteiger partial charge on any atom is -0.284 e. The van der Waals surface area contributed by atoms with Crippen LogP contribution in [0, 0.1) is 0 Å². The molecule has 19 heavy (non-hydrogen) atoms. The normalized spacial score (nSPS) is 14.2. The lowest BCUT2D eigenvalue weighted by Crippen LogP contribution is -2.11. The molecule has 0 radical (unpaired) electrons.